The Balaban J connectivity index is 1.91. The van der Waals surface area contributed by atoms with Crippen LogP contribution in [0.15, 0.2) is 0 Å². The van der Waals surface area contributed by atoms with Crippen molar-refractivity contribution in [2.45, 2.75) is 45.4 Å². The Labute approximate surface area is 97.8 Å². The summed E-state index contributed by atoms with van der Waals surface area (Å²) < 4.78 is 0. The number of carbonyl (C=O) groups excluding carboxylic acids is 1. The van der Waals surface area contributed by atoms with Gasteiger partial charge in [0.1, 0.15) is 0 Å². The highest BCUT2D eigenvalue weighted by Gasteiger charge is 2.39. The van der Waals surface area contributed by atoms with Gasteiger partial charge in [-0.25, -0.2) is 0 Å². The molecule has 1 N–H and O–H groups in total. The third-order valence-electron chi connectivity index (χ3n) is 4.38. The van der Waals surface area contributed by atoms with Gasteiger partial charge in [0.25, 0.3) is 0 Å². The number of nitrogens with zero attached hydrogens (tertiary/aromatic N) is 1. The predicted molar refractivity (Wildman–Crippen MR) is 63.0 cm³/mol. The van der Waals surface area contributed by atoms with Crippen LogP contribution in [-0.4, -0.2) is 35.6 Å². The van der Waals surface area contributed by atoms with Crippen molar-refractivity contribution in [1.29, 1.82) is 0 Å². The van der Waals surface area contributed by atoms with Crippen LogP contribution in [0.5, 0.6) is 0 Å². The van der Waals surface area contributed by atoms with Gasteiger partial charge in [0.05, 0.1) is 0 Å². The molecule has 0 aromatic rings. The molecule has 2 rings (SSSR count). The van der Waals surface area contributed by atoms with Crippen molar-refractivity contribution in [1.82, 2.24) is 4.90 Å². The molecule has 1 saturated carbocycles. The molecule has 1 aliphatic carbocycles. The average Bonchev–Trinajstić information content (AvgIpc) is 2.77. The average molecular weight is 225 g/mol. The molecule has 3 nitrogen and oxygen atoms in total. The summed E-state index contributed by atoms with van der Waals surface area (Å²) in [6.07, 6.45) is 6.47. The summed E-state index contributed by atoms with van der Waals surface area (Å²) >= 11 is 0. The van der Waals surface area contributed by atoms with Crippen LogP contribution in [-0.2, 0) is 4.79 Å². The first kappa shape index (κ1) is 11.9. The molecule has 2 aliphatic rings. The third kappa shape index (κ3) is 2.24. The number of rotatable bonds is 2. The Morgan fingerprint density at radius 3 is 2.38 bits per heavy atom. The van der Waals surface area contributed by atoms with Gasteiger partial charge >= 0.3 is 0 Å². The van der Waals surface area contributed by atoms with Crippen LogP contribution >= 0.6 is 0 Å². The second-order valence-corrected chi connectivity index (χ2v) is 5.69. The van der Waals surface area contributed by atoms with Crippen molar-refractivity contribution < 1.29 is 9.90 Å². The van der Waals surface area contributed by atoms with Gasteiger partial charge in [-0.2, -0.15) is 0 Å². The lowest BCUT2D eigenvalue weighted by Crippen LogP contribution is -2.45. The maximum Gasteiger partial charge on any atom is 0.228 e. The Bertz CT molecular complexity index is 251. The van der Waals surface area contributed by atoms with Crippen LogP contribution < -0.4 is 0 Å². The third-order valence-corrected chi connectivity index (χ3v) is 4.38. The lowest BCUT2D eigenvalue weighted by Gasteiger charge is -2.36. The Morgan fingerprint density at radius 1 is 1.31 bits per heavy atom. The first-order chi connectivity index (χ1) is 7.65. The summed E-state index contributed by atoms with van der Waals surface area (Å²) in [5.74, 6) is 0.779. The van der Waals surface area contributed by atoms with Crippen LogP contribution in [0.25, 0.3) is 0 Å². The predicted octanol–water partition coefficient (Wildman–Crippen LogP) is 1.80. The fraction of sp³-hybridized carbons (Fsp3) is 0.923. The highest BCUT2D eigenvalue weighted by atomic mass is 16.3. The fourth-order valence-electron chi connectivity index (χ4n) is 3.07. The first-order valence-corrected chi connectivity index (χ1v) is 6.56. The molecular formula is C13H23NO2. The minimum absolute atomic E-state index is 0.0773. The molecule has 3 heteroatoms. The number of likely N-dealkylation sites (tertiary alicyclic amines) is 1. The zero-order chi connectivity index (χ0) is 11.6. The summed E-state index contributed by atoms with van der Waals surface area (Å²) in [5, 5.41) is 9.07. The van der Waals surface area contributed by atoms with Crippen molar-refractivity contribution in [3.05, 3.63) is 0 Å². The smallest absolute Gasteiger partial charge is 0.228 e. The molecule has 0 radical (unpaired) electrons. The minimum Gasteiger partial charge on any atom is -0.396 e. The van der Waals surface area contributed by atoms with E-state index in [0.29, 0.717) is 11.8 Å². The summed E-state index contributed by atoms with van der Waals surface area (Å²) in [4.78, 5) is 14.4. The van der Waals surface area contributed by atoms with Gasteiger partial charge in [0.15, 0.2) is 0 Å². The molecule has 1 amide bonds. The van der Waals surface area contributed by atoms with Gasteiger partial charge in [-0.15, -0.1) is 0 Å². The fourth-order valence-corrected chi connectivity index (χ4v) is 3.07. The standard InChI is InChI=1S/C13H23NO2/c1-13(6-2-3-7-13)12(16)14-8-4-11(10-15)5-9-14/h11,15H,2-10H2,1H3. The Morgan fingerprint density at radius 2 is 1.88 bits per heavy atom. The Hall–Kier alpha value is -0.570. The molecule has 0 aromatic carbocycles. The van der Waals surface area contributed by atoms with Gasteiger partial charge in [-0.1, -0.05) is 19.8 Å². The van der Waals surface area contributed by atoms with Crippen LogP contribution in [0.2, 0.25) is 0 Å². The van der Waals surface area contributed by atoms with Crippen molar-refractivity contribution in [3.63, 3.8) is 0 Å². The van der Waals surface area contributed by atoms with Crippen LogP contribution in [0.4, 0.5) is 0 Å². The van der Waals surface area contributed by atoms with E-state index < -0.39 is 0 Å². The number of aliphatic hydroxyl groups excluding tert-OH is 1. The van der Waals surface area contributed by atoms with E-state index in [-0.39, 0.29) is 12.0 Å². The van der Waals surface area contributed by atoms with Gasteiger partial charge < -0.3 is 10.0 Å². The molecule has 0 atom stereocenters. The van der Waals surface area contributed by atoms with Crippen LogP contribution in [0.3, 0.4) is 0 Å². The van der Waals surface area contributed by atoms with E-state index in [2.05, 4.69) is 6.92 Å². The van der Waals surface area contributed by atoms with Crippen LogP contribution in [0, 0.1) is 11.3 Å². The van der Waals surface area contributed by atoms with E-state index in [1.807, 2.05) is 4.90 Å². The lowest BCUT2D eigenvalue weighted by atomic mass is 9.86. The minimum atomic E-state index is -0.0773. The van der Waals surface area contributed by atoms with E-state index in [1.54, 1.807) is 0 Å². The van der Waals surface area contributed by atoms with E-state index in [4.69, 9.17) is 5.11 Å². The van der Waals surface area contributed by atoms with E-state index in [9.17, 15) is 4.79 Å². The summed E-state index contributed by atoms with van der Waals surface area (Å²) in [6, 6.07) is 0. The number of amides is 1. The van der Waals surface area contributed by atoms with E-state index in [0.717, 1.165) is 38.8 Å². The number of hydrogen-bond donors (Lipinski definition) is 1. The molecule has 0 spiro atoms. The van der Waals surface area contributed by atoms with Crippen molar-refractivity contribution in [2.75, 3.05) is 19.7 Å². The lowest BCUT2D eigenvalue weighted by molar-refractivity contribution is -0.142. The molecule has 0 aromatic heterocycles. The van der Waals surface area contributed by atoms with E-state index >= 15 is 0 Å². The number of aliphatic hydroxyl groups is 1. The number of carbonyl (C=O) groups is 1. The van der Waals surface area contributed by atoms with Gasteiger partial charge in [-0.3, -0.25) is 4.79 Å². The van der Waals surface area contributed by atoms with Crippen molar-refractivity contribution in [3.8, 4) is 0 Å². The highest BCUT2D eigenvalue weighted by Crippen LogP contribution is 2.39. The zero-order valence-corrected chi connectivity index (χ0v) is 10.2. The summed E-state index contributed by atoms with van der Waals surface area (Å²) in [6.45, 7) is 4.10. The first-order valence-electron chi connectivity index (χ1n) is 6.56. The molecule has 1 heterocycles. The molecule has 1 aliphatic heterocycles. The largest absolute Gasteiger partial charge is 0.396 e. The summed E-state index contributed by atoms with van der Waals surface area (Å²) in [7, 11) is 0. The molecule has 0 unspecified atom stereocenters. The van der Waals surface area contributed by atoms with Crippen LogP contribution in [0.1, 0.15) is 45.4 Å². The second-order valence-electron chi connectivity index (χ2n) is 5.69. The number of hydrogen-bond acceptors (Lipinski definition) is 2. The van der Waals surface area contributed by atoms with E-state index in [1.165, 1.54) is 12.8 Å². The molecule has 1 saturated heterocycles. The number of piperidine rings is 1. The SMILES string of the molecule is CC1(C(=O)N2CCC(CO)CC2)CCCC1. The molecule has 0 bridgehead atoms. The van der Waals surface area contributed by atoms with Crippen molar-refractivity contribution >= 4 is 5.91 Å². The Kier molecular flexibility index (Phi) is 3.53. The quantitative estimate of drug-likeness (QED) is 0.778. The molecule has 16 heavy (non-hydrogen) atoms. The molecular weight excluding hydrogens is 202 g/mol. The zero-order valence-electron chi connectivity index (χ0n) is 10.2. The van der Waals surface area contributed by atoms with Crippen molar-refractivity contribution in [2.24, 2.45) is 11.3 Å². The molecule has 92 valence electrons. The second kappa shape index (κ2) is 4.74. The monoisotopic (exact) mass is 225 g/mol. The van der Waals surface area contributed by atoms with Gasteiger partial charge in [0, 0.05) is 25.1 Å². The molecule has 2 fully saturated rings. The summed E-state index contributed by atoms with van der Waals surface area (Å²) in [5.41, 5.74) is -0.0773. The maximum atomic E-state index is 12.4. The van der Waals surface area contributed by atoms with Gasteiger partial charge in [0.2, 0.25) is 5.91 Å². The normalized spacial score (nSPS) is 26.0. The van der Waals surface area contributed by atoms with Gasteiger partial charge in [-0.05, 0) is 31.6 Å². The topological polar surface area (TPSA) is 40.5 Å². The maximum absolute atomic E-state index is 12.4. The highest BCUT2D eigenvalue weighted by molar-refractivity contribution is 5.82.